The van der Waals surface area contributed by atoms with Gasteiger partial charge in [-0.2, -0.15) is 0 Å². The van der Waals surface area contributed by atoms with Crippen molar-refractivity contribution in [1.82, 2.24) is 4.90 Å². The molecule has 0 aromatic heterocycles. The van der Waals surface area contributed by atoms with E-state index in [0.29, 0.717) is 5.92 Å². The number of carbonyl (C=O) groups excluding carboxylic acids is 1. The maximum Gasteiger partial charge on any atom is 0.253 e. The van der Waals surface area contributed by atoms with E-state index in [4.69, 9.17) is 4.74 Å². The summed E-state index contributed by atoms with van der Waals surface area (Å²) in [4.78, 5) is 14.7. The highest BCUT2D eigenvalue weighted by molar-refractivity contribution is 5.94. The predicted molar refractivity (Wildman–Crippen MR) is 92.9 cm³/mol. The van der Waals surface area contributed by atoms with Gasteiger partial charge >= 0.3 is 0 Å². The molecule has 0 spiro atoms. The summed E-state index contributed by atoms with van der Waals surface area (Å²) >= 11 is 0. The average Bonchev–Trinajstić information content (AvgIpc) is 2.90. The Hall–Kier alpha value is -1.51. The number of likely N-dealkylation sites (tertiary alicyclic amines) is 1. The van der Waals surface area contributed by atoms with Crippen LogP contribution in [0.3, 0.4) is 0 Å². The maximum absolute atomic E-state index is 12.7. The van der Waals surface area contributed by atoms with E-state index in [1.54, 1.807) is 0 Å². The minimum absolute atomic E-state index is 0.162. The smallest absolute Gasteiger partial charge is 0.253 e. The molecule has 1 aliphatic heterocycles. The van der Waals surface area contributed by atoms with Crippen molar-refractivity contribution in [2.45, 2.75) is 57.8 Å². The molecule has 2 fully saturated rings. The molecule has 1 saturated carbocycles. The Kier molecular flexibility index (Phi) is 5.95. The van der Waals surface area contributed by atoms with Gasteiger partial charge in [0, 0.05) is 18.7 Å². The zero-order valence-corrected chi connectivity index (χ0v) is 14.1. The van der Waals surface area contributed by atoms with Crippen LogP contribution >= 0.6 is 0 Å². The van der Waals surface area contributed by atoms with Crippen LogP contribution in [0.25, 0.3) is 0 Å². The van der Waals surface area contributed by atoms with Crippen LogP contribution in [0.1, 0.15) is 68.1 Å². The lowest BCUT2D eigenvalue weighted by atomic mass is 9.90. The van der Waals surface area contributed by atoms with Gasteiger partial charge in [0.05, 0.1) is 6.61 Å². The highest BCUT2D eigenvalue weighted by Crippen LogP contribution is 2.25. The van der Waals surface area contributed by atoms with Crippen molar-refractivity contribution in [2.24, 2.45) is 5.92 Å². The number of benzene rings is 1. The van der Waals surface area contributed by atoms with Crippen molar-refractivity contribution >= 4 is 5.91 Å². The van der Waals surface area contributed by atoms with Crippen LogP contribution in [0.15, 0.2) is 24.3 Å². The third kappa shape index (κ3) is 4.73. The number of hydrogen-bond acceptors (Lipinski definition) is 2. The number of hydrogen-bond donors (Lipinski definition) is 0. The molecule has 0 atom stereocenters. The molecule has 1 amide bonds. The van der Waals surface area contributed by atoms with Gasteiger partial charge in [-0.25, -0.2) is 0 Å². The van der Waals surface area contributed by atoms with Crippen LogP contribution in [0.4, 0.5) is 0 Å². The first-order valence-electron chi connectivity index (χ1n) is 9.35. The van der Waals surface area contributed by atoms with Crippen molar-refractivity contribution in [2.75, 3.05) is 19.7 Å². The zero-order valence-electron chi connectivity index (χ0n) is 14.1. The van der Waals surface area contributed by atoms with Gasteiger partial charge < -0.3 is 9.64 Å². The zero-order chi connectivity index (χ0) is 15.9. The minimum Gasteiger partial charge on any atom is -0.493 e. The lowest BCUT2D eigenvalue weighted by Crippen LogP contribution is -2.31. The summed E-state index contributed by atoms with van der Waals surface area (Å²) in [6.45, 7) is 2.58. The normalized spacial score (nSPS) is 20.1. The molecule has 23 heavy (non-hydrogen) atoms. The summed E-state index contributed by atoms with van der Waals surface area (Å²) in [5, 5.41) is 0. The monoisotopic (exact) mass is 315 g/mol. The first-order chi connectivity index (χ1) is 11.3. The Morgan fingerprint density at radius 2 is 1.70 bits per heavy atom. The van der Waals surface area contributed by atoms with E-state index < -0.39 is 0 Å². The molecular formula is C20H29NO2. The summed E-state index contributed by atoms with van der Waals surface area (Å²) in [5.74, 6) is 1.69. The molecule has 3 nitrogen and oxygen atoms in total. The van der Waals surface area contributed by atoms with E-state index in [1.807, 2.05) is 29.2 Å². The summed E-state index contributed by atoms with van der Waals surface area (Å²) in [5.41, 5.74) is 0.771. The molecule has 1 aromatic rings. The maximum atomic E-state index is 12.7. The van der Waals surface area contributed by atoms with Crippen molar-refractivity contribution in [1.29, 1.82) is 0 Å². The van der Waals surface area contributed by atoms with Gasteiger partial charge in [-0.15, -0.1) is 0 Å². The summed E-state index contributed by atoms with van der Waals surface area (Å²) in [6.07, 6.45) is 11.4. The van der Waals surface area contributed by atoms with E-state index in [9.17, 15) is 4.79 Å². The lowest BCUT2D eigenvalue weighted by Gasteiger charge is -2.22. The van der Waals surface area contributed by atoms with Crippen molar-refractivity contribution in [3.8, 4) is 5.75 Å². The van der Waals surface area contributed by atoms with Gasteiger partial charge in [0.15, 0.2) is 0 Å². The number of amides is 1. The van der Waals surface area contributed by atoms with Crippen LogP contribution in [0, 0.1) is 5.92 Å². The van der Waals surface area contributed by atoms with Gasteiger partial charge in [-0.05, 0) is 49.8 Å². The molecule has 0 N–H and O–H groups in total. The first-order valence-corrected chi connectivity index (χ1v) is 9.35. The number of carbonyl (C=O) groups is 1. The Bertz CT molecular complexity index is 500. The largest absolute Gasteiger partial charge is 0.493 e. The van der Waals surface area contributed by atoms with Crippen LogP contribution in [-0.2, 0) is 0 Å². The molecule has 3 heteroatoms. The SMILES string of the molecule is O=C(c1cccc(OCC2CCCCC2)c1)N1CCCCCC1. The number of ether oxygens (including phenoxy) is 1. The van der Waals surface area contributed by atoms with E-state index in [-0.39, 0.29) is 5.91 Å². The molecule has 2 aliphatic rings. The van der Waals surface area contributed by atoms with E-state index in [0.717, 1.165) is 43.9 Å². The van der Waals surface area contributed by atoms with Crippen molar-refractivity contribution < 1.29 is 9.53 Å². The standard InChI is InChI=1S/C20H29NO2/c22-20(21-13-6-1-2-7-14-21)18-11-8-12-19(15-18)23-16-17-9-4-3-5-10-17/h8,11-12,15,17H,1-7,9-10,13-14,16H2. The Labute approximate surface area is 140 Å². The Morgan fingerprint density at radius 1 is 1.00 bits per heavy atom. The highest BCUT2D eigenvalue weighted by Gasteiger charge is 2.18. The minimum atomic E-state index is 0.162. The summed E-state index contributed by atoms with van der Waals surface area (Å²) in [6, 6.07) is 7.76. The number of nitrogens with zero attached hydrogens (tertiary/aromatic N) is 1. The van der Waals surface area contributed by atoms with Crippen molar-refractivity contribution in [3.05, 3.63) is 29.8 Å². The third-order valence-corrected chi connectivity index (χ3v) is 5.18. The van der Waals surface area contributed by atoms with Crippen LogP contribution < -0.4 is 4.74 Å². The highest BCUT2D eigenvalue weighted by atomic mass is 16.5. The van der Waals surface area contributed by atoms with Crippen LogP contribution in [-0.4, -0.2) is 30.5 Å². The lowest BCUT2D eigenvalue weighted by molar-refractivity contribution is 0.0761. The molecule has 1 saturated heterocycles. The van der Waals surface area contributed by atoms with Gasteiger partial charge in [-0.3, -0.25) is 4.79 Å². The van der Waals surface area contributed by atoms with Crippen molar-refractivity contribution in [3.63, 3.8) is 0 Å². The quantitative estimate of drug-likeness (QED) is 0.808. The molecule has 1 aliphatic carbocycles. The molecule has 1 aromatic carbocycles. The Balaban J connectivity index is 1.58. The topological polar surface area (TPSA) is 29.5 Å². The fourth-order valence-corrected chi connectivity index (χ4v) is 3.74. The number of rotatable bonds is 4. The third-order valence-electron chi connectivity index (χ3n) is 5.18. The molecule has 0 unspecified atom stereocenters. The second-order valence-corrected chi connectivity index (χ2v) is 7.05. The fraction of sp³-hybridized carbons (Fsp3) is 0.650. The molecule has 126 valence electrons. The molecule has 0 radical (unpaired) electrons. The first kappa shape index (κ1) is 16.4. The summed E-state index contributed by atoms with van der Waals surface area (Å²) < 4.78 is 5.98. The average molecular weight is 315 g/mol. The summed E-state index contributed by atoms with van der Waals surface area (Å²) in [7, 11) is 0. The second kappa shape index (κ2) is 8.37. The van der Waals surface area contributed by atoms with Gasteiger partial charge in [0.25, 0.3) is 5.91 Å². The van der Waals surface area contributed by atoms with Gasteiger partial charge in [0.2, 0.25) is 0 Å². The van der Waals surface area contributed by atoms with E-state index >= 15 is 0 Å². The van der Waals surface area contributed by atoms with E-state index in [2.05, 4.69) is 0 Å². The molecule has 3 rings (SSSR count). The van der Waals surface area contributed by atoms with E-state index in [1.165, 1.54) is 44.9 Å². The molecule has 0 bridgehead atoms. The Morgan fingerprint density at radius 3 is 2.43 bits per heavy atom. The molecule has 1 heterocycles. The van der Waals surface area contributed by atoms with Gasteiger partial charge in [0.1, 0.15) is 5.75 Å². The fourth-order valence-electron chi connectivity index (χ4n) is 3.74. The van der Waals surface area contributed by atoms with Crippen LogP contribution in [0.2, 0.25) is 0 Å². The van der Waals surface area contributed by atoms with Crippen LogP contribution in [0.5, 0.6) is 5.75 Å². The molecular weight excluding hydrogens is 286 g/mol. The second-order valence-electron chi connectivity index (χ2n) is 7.05. The van der Waals surface area contributed by atoms with Gasteiger partial charge in [-0.1, -0.05) is 38.2 Å². The predicted octanol–water partition coefficient (Wildman–Crippen LogP) is 4.66.